The first-order valence-electron chi connectivity index (χ1n) is 10.9. The molecule has 0 fully saturated rings. The zero-order valence-corrected chi connectivity index (χ0v) is 21.1. The Morgan fingerprint density at radius 1 is 1.06 bits per heavy atom. The van der Waals surface area contributed by atoms with Crippen molar-refractivity contribution in [3.63, 3.8) is 0 Å². The Hall–Kier alpha value is -3.28. The summed E-state index contributed by atoms with van der Waals surface area (Å²) in [5.41, 5.74) is 1.29. The van der Waals surface area contributed by atoms with Gasteiger partial charge in [0.15, 0.2) is 15.0 Å². The highest BCUT2D eigenvalue weighted by Gasteiger charge is 2.18. The van der Waals surface area contributed by atoms with Crippen LogP contribution in [-0.2, 0) is 21.2 Å². The molecule has 0 unspecified atom stereocenters. The number of para-hydroxylation sites is 1. The minimum atomic E-state index is -3.41. The topological polar surface area (TPSA) is 124 Å². The molecule has 1 aromatic heterocycles. The van der Waals surface area contributed by atoms with E-state index in [1.165, 1.54) is 18.3 Å². The van der Waals surface area contributed by atoms with Crippen LogP contribution in [0.5, 0.6) is 11.5 Å². The van der Waals surface area contributed by atoms with Crippen molar-refractivity contribution in [1.82, 2.24) is 10.3 Å². The first-order chi connectivity index (χ1) is 16.8. The molecule has 0 saturated heterocycles. The van der Waals surface area contributed by atoms with Crippen LogP contribution in [-0.4, -0.2) is 45.2 Å². The molecular weight excluding hydrogens is 490 g/mol. The fraction of sp³-hybridized carbons (Fsp3) is 0.292. The Bertz CT molecular complexity index is 1260. The van der Waals surface area contributed by atoms with Gasteiger partial charge in [-0.1, -0.05) is 35.6 Å². The summed E-state index contributed by atoms with van der Waals surface area (Å²) in [5, 5.41) is 6.02. The van der Waals surface area contributed by atoms with E-state index in [9.17, 15) is 18.0 Å². The van der Waals surface area contributed by atoms with E-state index in [1.54, 1.807) is 19.2 Å². The summed E-state index contributed by atoms with van der Waals surface area (Å²) in [4.78, 5) is 28.9. The number of carbonyl (C=O) groups excluding carboxylic acids is 2. The molecule has 11 heteroatoms. The van der Waals surface area contributed by atoms with E-state index in [1.807, 2.05) is 24.3 Å². The Morgan fingerprint density at radius 3 is 2.49 bits per heavy atom. The lowest BCUT2D eigenvalue weighted by molar-refractivity contribution is -0.134. The van der Waals surface area contributed by atoms with Crippen molar-refractivity contribution in [2.24, 2.45) is 0 Å². The Morgan fingerprint density at radius 2 is 1.80 bits per heavy atom. The first-order valence-corrected chi connectivity index (χ1v) is 13.6. The maximum absolute atomic E-state index is 12.7. The summed E-state index contributed by atoms with van der Waals surface area (Å²) in [6.07, 6.45) is 3.89. The maximum atomic E-state index is 12.7. The predicted octanol–water partition coefficient (Wildman–Crippen LogP) is 3.67. The molecule has 0 aliphatic rings. The largest absolute Gasteiger partial charge is 0.497 e. The number of anilines is 1. The average Bonchev–Trinajstić information content (AvgIpc) is 3.31. The zero-order valence-electron chi connectivity index (χ0n) is 19.4. The molecular formula is C24H27N3O6S2. The molecule has 3 aromatic rings. The molecule has 0 spiro atoms. The van der Waals surface area contributed by atoms with Gasteiger partial charge in [-0.25, -0.2) is 13.4 Å². The van der Waals surface area contributed by atoms with Crippen LogP contribution < -0.4 is 20.1 Å². The van der Waals surface area contributed by atoms with Gasteiger partial charge in [-0.05, 0) is 49.2 Å². The third-order valence-corrected chi connectivity index (χ3v) is 7.60. The number of methoxy groups -OCH3 is 1. The standard InChI is InChI=1S/C24H27N3O6S2/c1-32-18-12-10-17(11-13-18)15-25-14-6-5-9-21(28)33-20-8-4-3-7-19(20)23(29)27-24-26-16-22(34-24)35(2,30)31/h3-4,7-8,10-13,16,25H,5-6,9,14-15H2,1-2H3,(H,26,27,29). The highest BCUT2D eigenvalue weighted by atomic mass is 32.2. The third-order valence-electron chi connectivity index (χ3n) is 4.90. The second kappa shape index (κ2) is 12.4. The summed E-state index contributed by atoms with van der Waals surface area (Å²) in [6.45, 7) is 1.48. The number of ether oxygens (including phenoxy) is 2. The number of nitrogens with zero attached hydrogens (tertiary/aromatic N) is 1. The van der Waals surface area contributed by atoms with Gasteiger partial charge in [-0.2, -0.15) is 0 Å². The molecule has 0 saturated carbocycles. The molecule has 0 aliphatic carbocycles. The molecule has 1 heterocycles. The van der Waals surface area contributed by atoms with Gasteiger partial charge in [0, 0.05) is 19.2 Å². The Kier molecular flexibility index (Phi) is 9.35. The highest BCUT2D eigenvalue weighted by Crippen LogP contribution is 2.25. The number of rotatable bonds is 12. The lowest BCUT2D eigenvalue weighted by Crippen LogP contribution is -2.17. The molecule has 186 valence electrons. The van der Waals surface area contributed by atoms with Gasteiger partial charge in [0.1, 0.15) is 15.7 Å². The van der Waals surface area contributed by atoms with Crippen LogP contribution in [0, 0.1) is 0 Å². The van der Waals surface area contributed by atoms with Crippen LogP contribution in [0.2, 0.25) is 0 Å². The second-order valence-electron chi connectivity index (χ2n) is 7.66. The lowest BCUT2D eigenvalue weighted by atomic mass is 10.2. The summed E-state index contributed by atoms with van der Waals surface area (Å²) < 4.78 is 33.8. The van der Waals surface area contributed by atoms with E-state index < -0.39 is 21.7 Å². The predicted molar refractivity (Wildman–Crippen MR) is 134 cm³/mol. The smallest absolute Gasteiger partial charge is 0.311 e. The minimum absolute atomic E-state index is 0.0472. The van der Waals surface area contributed by atoms with Gasteiger partial charge in [-0.3, -0.25) is 14.9 Å². The van der Waals surface area contributed by atoms with Crippen molar-refractivity contribution in [3.05, 3.63) is 65.9 Å². The van der Waals surface area contributed by atoms with Crippen molar-refractivity contribution in [2.45, 2.75) is 30.0 Å². The molecule has 2 N–H and O–H groups in total. The quantitative estimate of drug-likeness (QED) is 0.212. The van der Waals surface area contributed by atoms with Crippen molar-refractivity contribution in [1.29, 1.82) is 0 Å². The summed E-state index contributed by atoms with van der Waals surface area (Å²) in [6, 6.07) is 14.2. The number of aromatic nitrogens is 1. The van der Waals surface area contributed by atoms with E-state index in [4.69, 9.17) is 9.47 Å². The minimum Gasteiger partial charge on any atom is -0.497 e. The molecule has 3 rings (SSSR count). The number of benzene rings is 2. The highest BCUT2D eigenvalue weighted by molar-refractivity contribution is 7.92. The molecule has 9 nitrogen and oxygen atoms in total. The number of sulfone groups is 1. The van der Waals surface area contributed by atoms with Gasteiger partial charge >= 0.3 is 5.97 Å². The van der Waals surface area contributed by atoms with Crippen molar-refractivity contribution >= 4 is 38.2 Å². The number of thiazole rings is 1. The van der Waals surface area contributed by atoms with Crippen molar-refractivity contribution in [2.75, 3.05) is 25.2 Å². The average molecular weight is 518 g/mol. The molecule has 0 bridgehead atoms. The Labute approximate surface area is 208 Å². The molecule has 35 heavy (non-hydrogen) atoms. The second-order valence-corrected chi connectivity index (χ2v) is 10.9. The summed E-state index contributed by atoms with van der Waals surface area (Å²) in [7, 11) is -1.78. The normalized spacial score (nSPS) is 11.1. The van der Waals surface area contributed by atoms with Crippen LogP contribution >= 0.6 is 11.3 Å². The van der Waals surface area contributed by atoms with Gasteiger partial charge in [0.05, 0.1) is 18.9 Å². The monoisotopic (exact) mass is 517 g/mol. The van der Waals surface area contributed by atoms with E-state index in [2.05, 4.69) is 15.6 Å². The molecule has 2 aromatic carbocycles. The number of hydrogen-bond donors (Lipinski definition) is 2. The van der Waals surface area contributed by atoms with Crippen LogP contribution in [0.25, 0.3) is 0 Å². The molecule has 0 atom stereocenters. The van der Waals surface area contributed by atoms with E-state index in [-0.39, 0.29) is 27.1 Å². The lowest BCUT2D eigenvalue weighted by Gasteiger charge is -2.10. The fourth-order valence-corrected chi connectivity index (χ4v) is 4.70. The summed E-state index contributed by atoms with van der Waals surface area (Å²) in [5.74, 6) is -0.0392. The first kappa shape index (κ1) is 26.3. The molecule has 1 amide bonds. The van der Waals surface area contributed by atoms with E-state index >= 15 is 0 Å². The van der Waals surface area contributed by atoms with Crippen molar-refractivity contribution in [3.8, 4) is 11.5 Å². The van der Waals surface area contributed by atoms with Crippen LogP contribution in [0.1, 0.15) is 35.2 Å². The van der Waals surface area contributed by atoms with Crippen LogP contribution in [0.4, 0.5) is 5.13 Å². The molecule has 0 radical (unpaired) electrons. The molecule has 0 aliphatic heterocycles. The SMILES string of the molecule is COc1ccc(CNCCCCC(=O)Oc2ccccc2C(=O)Nc2ncc(S(C)(=O)=O)s2)cc1. The van der Waals surface area contributed by atoms with Crippen molar-refractivity contribution < 1.29 is 27.5 Å². The maximum Gasteiger partial charge on any atom is 0.311 e. The van der Waals surface area contributed by atoms with Crippen LogP contribution in [0.15, 0.2) is 58.9 Å². The van der Waals surface area contributed by atoms with E-state index in [0.717, 1.165) is 48.4 Å². The number of esters is 1. The van der Waals surface area contributed by atoms with Gasteiger partial charge in [0.2, 0.25) is 0 Å². The number of nitrogens with one attached hydrogen (secondary N) is 2. The van der Waals surface area contributed by atoms with Gasteiger partial charge in [-0.15, -0.1) is 0 Å². The fourth-order valence-electron chi connectivity index (χ4n) is 3.07. The van der Waals surface area contributed by atoms with Crippen LogP contribution in [0.3, 0.4) is 0 Å². The van der Waals surface area contributed by atoms with E-state index in [0.29, 0.717) is 6.42 Å². The number of amides is 1. The van der Waals surface area contributed by atoms with Gasteiger partial charge in [0.25, 0.3) is 5.91 Å². The number of hydrogen-bond acceptors (Lipinski definition) is 9. The van der Waals surface area contributed by atoms with Gasteiger partial charge < -0.3 is 14.8 Å². The zero-order chi connectivity index (χ0) is 25.3. The third kappa shape index (κ3) is 8.16. The number of carbonyl (C=O) groups is 2. The Balaban J connectivity index is 1.44. The number of unbranched alkanes of at least 4 members (excludes halogenated alkanes) is 1. The summed E-state index contributed by atoms with van der Waals surface area (Å²) >= 11 is 0.850.